The van der Waals surface area contributed by atoms with E-state index in [-0.39, 0.29) is 0 Å². The number of ether oxygens (including phenoxy) is 1. The summed E-state index contributed by atoms with van der Waals surface area (Å²) in [6, 6.07) is 0.734. The van der Waals surface area contributed by atoms with Crippen molar-refractivity contribution in [3.63, 3.8) is 0 Å². The van der Waals surface area contributed by atoms with Gasteiger partial charge in [0.1, 0.15) is 0 Å². The van der Waals surface area contributed by atoms with Crippen LogP contribution in [0.25, 0.3) is 0 Å². The van der Waals surface area contributed by atoms with E-state index in [9.17, 15) is 0 Å². The van der Waals surface area contributed by atoms with E-state index in [1.165, 1.54) is 38.6 Å². The van der Waals surface area contributed by atoms with Gasteiger partial charge in [-0.15, -0.1) is 0 Å². The third-order valence-corrected chi connectivity index (χ3v) is 7.03. The first kappa shape index (κ1) is 13.6. The van der Waals surface area contributed by atoms with Gasteiger partial charge in [-0.05, 0) is 93.9 Å². The van der Waals surface area contributed by atoms with Gasteiger partial charge in [-0.25, -0.2) is 0 Å². The Balaban J connectivity index is 1.32. The van der Waals surface area contributed by atoms with E-state index in [1.807, 2.05) is 0 Å². The van der Waals surface area contributed by atoms with Crippen molar-refractivity contribution in [1.29, 1.82) is 0 Å². The molecule has 0 amide bonds. The van der Waals surface area contributed by atoms with E-state index in [0.29, 0.717) is 5.41 Å². The fourth-order valence-electron chi connectivity index (χ4n) is 6.24. The highest BCUT2D eigenvalue weighted by atomic mass is 16.5. The third-order valence-electron chi connectivity index (χ3n) is 7.03. The van der Waals surface area contributed by atoms with Gasteiger partial charge in [0.25, 0.3) is 0 Å². The summed E-state index contributed by atoms with van der Waals surface area (Å²) >= 11 is 0. The van der Waals surface area contributed by atoms with Crippen LogP contribution in [-0.2, 0) is 4.74 Å². The Hall–Kier alpha value is -0.0800. The maximum atomic E-state index is 5.49. The molecule has 4 saturated carbocycles. The molecule has 2 heteroatoms. The van der Waals surface area contributed by atoms with Crippen LogP contribution in [0.3, 0.4) is 0 Å². The summed E-state index contributed by atoms with van der Waals surface area (Å²) in [5.74, 6) is 4.06. The molecule has 0 aromatic rings. The highest BCUT2D eigenvalue weighted by Gasteiger charge is 2.52. The molecular weight excluding hydrogens is 246 g/mol. The van der Waals surface area contributed by atoms with Crippen molar-refractivity contribution in [1.82, 2.24) is 5.32 Å². The van der Waals surface area contributed by atoms with Gasteiger partial charge in [0.15, 0.2) is 0 Å². The lowest BCUT2D eigenvalue weighted by molar-refractivity contribution is -0.0704. The number of hydrogen-bond donors (Lipinski definition) is 1. The molecule has 5 aliphatic rings. The van der Waals surface area contributed by atoms with E-state index >= 15 is 0 Å². The maximum Gasteiger partial charge on any atom is 0.0495 e. The van der Waals surface area contributed by atoms with Crippen LogP contribution in [0.1, 0.15) is 58.3 Å². The van der Waals surface area contributed by atoms with Gasteiger partial charge < -0.3 is 10.1 Å². The second-order valence-corrected chi connectivity index (χ2v) is 8.47. The van der Waals surface area contributed by atoms with E-state index in [4.69, 9.17) is 4.74 Å². The zero-order chi connectivity index (χ0) is 13.6. The second-order valence-electron chi connectivity index (χ2n) is 8.47. The quantitative estimate of drug-likeness (QED) is 0.829. The molecule has 1 heterocycles. The van der Waals surface area contributed by atoms with E-state index in [2.05, 4.69) is 12.2 Å². The molecular formula is C18H31NO. The van der Waals surface area contributed by atoms with Crippen molar-refractivity contribution in [2.75, 3.05) is 19.8 Å². The summed E-state index contributed by atoms with van der Waals surface area (Å²) in [5, 5.41) is 3.91. The lowest BCUT2D eigenvalue weighted by Gasteiger charge is -2.59. The minimum absolute atomic E-state index is 0.668. The summed E-state index contributed by atoms with van der Waals surface area (Å²) in [4.78, 5) is 0. The first-order valence-corrected chi connectivity index (χ1v) is 9.05. The molecule has 0 aromatic carbocycles. The topological polar surface area (TPSA) is 21.3 Å². The molecule has 0 radical (unpaired) electrons. The average molecular weight is 277 g/mol. The normalized spacial score (nSPS) is 47.9. The molecule has 0 spiro atoms. The summed E-state index contributed by atoms with van der Waals surface area (Å²) in [5.41, 5.74) is 0.668. The number of hydrogen-bond acceptors (Lipinski definition) is 2. The molecule has 1 saturated heterocycles. The monoisotopic (exact) mass is 277 g/mol. The van der Waals surface area contributed by atoms with E-state index in [1.54, 1.807) is 19.3 Å². The van der Waals surface area contributed by atoms with Crippen molar-refractivity contribution in [3.8, 4) is 0 Å². The zero-order valence-electron chi connectivity index (χ0n) is 13.1. The van der Waals surface area contributed by atoms with Crippen LogP contribution < -0.4 is 5.32 Å². The molecule has 4 bridgehead atoms. The van der Waals surface area contributed by atoms with Crippen molar-refractivity contribution in [2.45, 2.75) is 64.3 Å². The second kappa shape index (κ2) is 5.28. The molecule has 2 nitrogen and oxygen atoms in total. The van der Waals surface area contributed by atoms with Gasteiger partial charge in [-0.2, -0.15) is 0 Å². The van der Waals surface area contributed by atoms with Crippen molar-refractivity contribution in [3.05, 3.63) is 0 Å². The standard InChI is InChI=1S/C18H31NO/c1-13(19-4-2-14-3-5-20-12-14)18-9-15-6-16(10-18)8-17(7-15)11-18/h13-17,19H,2-12H2,1H3. The Bertz CT molecular complexity index is 312. The van der Waals surface area contributed by atoms with Crippen LogP contribution in [0, 0.1) is 29.1 Å². The molecule has 1 aliphatic heterocycles. The molecule has 5 rings (SSSR count). The molecule has 0 aromatic heterocycles. The third kappa shape index (κ3) is 2.43. The Morgan fingerprint density at radius 1 is 1.10 bits per heavy atom. The predicted molar refractivity (Wildman–Crippen MR) is 81.6 cm³/mol. The van der Waals surface area contributed by atoms with Gasteiger partial charge in [-0.1, -0.05) is 0 Å². The largest absolute Gasteiger partial charge is 0.381 e. The van der Waals surface area contributed by atoms with Crippen LogP contribution in [0.5, 0.6) is 0 Å². The Labute approximate surface area is 124 Å². The first-order valence-electron chi connectivity index (χ1n) is 9.05. The Kier molecular flexibility index (Phi) is 3.58. The maximum absolute atomic E-state index is 5.49. The zero-order valence-corrected chi connectivity index (χ0v) is 13.1. The highest BCUT2D eigenvalue weighted by molar-refractivity contribution is 5.05. The SMILES string of the molecule is CC(NCCC1CCOC1)C12CC3CC(CC(C3)C1)C2. The fourth-order valence-corrected chi connectivity index (χ4v) is 6.24. The van der Waals surface area contributed by atoms with Gasteiger partial charge >= 0.3 is 0 Å². The smallest absolute Gasteiger partial charge is 0.0495 e. The van der Waals surface area contributed by atoms with Crippen molar-refractivity contribution < 1.29 is 4.74 Å². The average Bonchev–Trinajstić information content (AvgIpc) is 2.90. The molecule has 1 N–H and O–H groups in total. The molecule has 114 valence electrons. The first-order chi connectivity index (χ1) is 9.73. The molecule has 20 heavy (non-hydrogen) atoms. The Morgan fingerprint density at radius 2 is 1.75 bits per heavy atom. The lowest BCUT2D eigenvalue weighted by Crippen LogP contribution is -2.55. The molecule has 2 unspecified atom stereocenters. The Morgan fingerprint density at radius 3 is 2.30 bits per heavy atom. The summed E-state index contributed by atoms with van der Waals surface area (Å²) in [7, 11) is 0. The summed E-state index contributed by atoms with van der Waals surface area (Å²) in [6.45, 7) is 5.69. The van der Waals surface area contributed by atoms with Crippen molar-refractivity contribution >= 4 is 0 Å². The predicted octanol–water partition coefficient (Wildman–Crippen LogP) is 3.61. The van der Waals surface area contributed by atoms with Gasteiger partial charge in [0, 0.05) is 19.3 Å². The number of rotatable bonds is 5. The lowest BCUT2D eigenvalue weighted by atomic mass is 9.48. The number of nitrogens with one attached hydrogen (secondary N) is 1. The van der Waals surface area contributed by atoms with Crippen LogP contribution in [0.4, 0.5) is 0 Å². The van der Waals surface area contributed by atoms with Gasteiger partial charge in [0.2, 0.25) is 0 Å². The van der Waals surface area contributed by atoms with Crippen LogP contribution in [-0.4, -0.2) is 25.8 Å². The van der Waals surface area contributed by atoms with E-state index in [0.717, 1.165) is 42.9 Å². The van der Waals surface area contributed by atoms with Gasteiger partial charge in [-0.3, -0.25) is 0 Å². The minimum Gasteiger partial charge on any atom is -0.381 e. The fraction of sp³-hybridized carbons (Fsp3) is 1.00. The molecule has 5 fully saturated rings. The van der Waals surface area contributed by atoms with Crippen LogP contribution in [0.15, 0.2) is 0 Å². The summed E-state index contributed by atoms with van der Waals surface area (Å²) in [6.07, 6.45) is 11.9. The van der Waals surface area contributed by atoms with Crippen LogP contribution >= 0.6 is 0 Å². The van der Waals surface area contributed by atoms with E-state index < -0.39 is 0 Å². The highest BCUT2D eigenvalue weighted by Crippen LogP contribution is 2.61. The van der Waals surface area contributed by atoms with Gasteiger partial charge in [0.05, 0.1) is 0 Å². The van der Waals surface area contributed by atoms with Crippen LogP contribution in [0.2, 0.25) is 0 Å². The summed E-state index contributed by atoms with van der Waals surface area (Å²) < 4.78 is 5.49. The minimum atomic E-state index is 0.668. The van der Waals surface area contributed by atoms with Crippen molar-refractivity contribution in [2.24, 2.45) is 29.1 Å². The molecule has 2 atom stereocenters. The molecule has 4 aliphatic carbocycles.